The van der Waals surface area contributed by atoms with Crippen molar-refractivity contribution in [1.82, 2.24) is 14.5 Å². The lowest BCUT2D eigenvalue weighted by molar-refractivity contribution is 0.397. The number of nitrogens with zero attached hydrogens (tertiary/aromatic N) is 3. The Morgan fingerprint density at radius 2 is 2.25 bits per heavy atom. The van der Waals surface area contributed by atoms with Crippen LogP contribution >= 0.6 is 0 Å². The average Bonchev–Trinajstić information content (AvgIpc) is 2.77. The van der Waals surface area contributed by atoms with E-state index in [9.17, 15) is 0 Å². The molecule has 0 aliphatic heterocycles. The second-order valence-electron chi connectivity index (χ2n) is 3.43. The van der Waals surface area contributed by atoms with Gasteiger partial charge in [-0.15, -0.1) is 0 Å². The summed E-state index contributed by atoms with van der Waals surface area (Å²) >= 11 is 0. The lowest BCUT2D eigenvalue weighted by atomic mass is 10.3. The van der Waals surface area contributed by atoms with Crippen molar-refractivity contribution in [2.75, 3.05) is 7.11 Å². The van der Waals surface area contributed by atoms with E-state index in [1.807, 2.05) is 16.7 Å². The van der Waals surface area contributed by atoms with Crippen LogP contribution in [0.25, 0.3) is 0 Å². The molecule has 5 heteroatoms. The first kappa shape index (κ1) is 10.6. The minimum atomic E-state index is 0.490. The van der Waals surface area contributed by atoms with E-state index in [0.717, 1.165) is 17.8 Å². The molecule has 0 atom stereocenters. The number of pyridine rings is 1. The van der Waals surface area contributed by atoms with Gasteiger partial charge < -0.3 is 15.0 Å². The summed E-state index contributed by atoms with van der Waals surface area (Å²) in [5.41, 5.74) is 7.70. The van der Waals surface area contributed by atoms with E-state index < -0.39 is 0 Å². The molecule has 0 fully saturated rings. The van der Waals surface area contributed by atoms with Crippen LogP contribution in [0.3, 0.4) is 0 Å². The molecule has 2 N–H and O–H groups in total. The maximum absolute atomic E-state index is 5.60. The smallest absolute Gasteiger partial charge is 0.212 e. The molecule has 0 bridgehead atoms. The van der Waals surface area contributed by atoms with Gasteiger partial charge in [0.15, 0.2) is 0 Å². The van der Waals surface area contributed by atoms with E-state index >= 15 is 0 Å². The molecule has 0 amide bonds. The van der Waals surface area contributed by atoms with Gasteiger partial charge >= 0.3 is 0 Å². The Bertz CT molecular complexity index is 449. The van der Waals surface area contributed by atoms with E-state index in [1.54, 1.807) is 25.8 Å². The van der Waals surface area contributed by atoms with Crippen LogP contribution in [-0.2, 0) is 13.1 Å². The van der Waals surface area contributed by atoms with Crippen molar-refractivity contribution in [3.8, 4) is 5.88 Å². The van der Waals surface area contributed by atoms with Crippen molar-refractivity contribution in [2.45, 2.75) is 13.1 Å². The lowest BCUT2D eigenvalue weighted by Crippen LogP contribution is -2.07. The zero-order chi connectivity index (χ0) is 11.4. The Labute approximate surface area is 93.9 Å². The van der Waals surface area contributed by atoms with Crippen LogP contribution in [0.2, 0.25) is 0 Å². The molecule has 2 aromatic heterocycles. The average molecular weight is 218 g/mol. The highest BCUT2D eigenvalue weighted by Crippen LogP contribution is 2.09. The minimum absolute atomic E-state index is 0.490. The number of rotatable bonds is 4. The Kier molecular flexibility index (Phi) is 3.16. The number of nitrogens with two attached hydrogens (primary N) is 1. The molecule has 0 aliphatic carbocycles. The van der Waals surface area contributed by atoms with Crippen molar-refractivity contribution in [3.05, 3.63) is 42.1 Å². The number of methoxy groups -OCH3 is 1. The third-order valence-electron chi connectivity index (χ3n) is 2.37. The van der Waals surface area contributed by atoms with Gasteiger partial charge in [0, 0.05) is 25.0 Å². The monoisotopic (exact) mass is 218 g/mol. The zero-order valence-corrected chi connectivity index (χ0v) is 9.13. The summed E-state index contributed by atoms with van der Waals surface area (Å²) < 4.78 is 7.00. The summed E-state index contributed by atoms with van der Waals surface area (Å²) in [6.45, 7) is 1.22. The van der Waals surface area contributed by atoms with Crippen LogP contribution in [-0.4, -0.2) is 21.6 Å². The summed E-state index contributed by atoms with van der Waals surface area (Å²) in [6.07, 6.45) is 5.34. The number of aromatic nitrogens is 3. The van der Waals surface area contributed by atoms with Crippen LogP contribution < -0.4 is 10.5 Å². The molecule has 2 rings (SSSR count). The van der Waals surface area contributed by atoms with Gasteiger partial charge in [-0.1, -0.05) is 6.07 Å². The number of hydrogen-bond acceptors (Lipinski definition) is 4. The first-order valence-electron chi connectivity index (χ1n) is 5.01. The second kappa shape index (κ2) is 4.76. The lowest BCUT2D eigenvalue weighted by Gasteiger charge is -2.06. The highest BCUT2D eigenvalue weighted by molar-refractivity contribution is 5.18. The van der Waals surface area contributed by atoms with E-state index in [2.05, 4.69) is 9.97 Å². The van der Waals surface area contributed by atoms with E-state index in [1.165, 1.54) is 0 Å². The summed E-state index contributed by atoms with van der Waals surface area (Å²) in [7, 11) is 1.60. The largest absolute Gasteiger partial charge is 0.481 e. The van der Waals surface area contributed by atoms with Crippen LogP contribution in [0, 0.1) is 0 Å². The molecule has 0 unspecified atom stereocenters. The van der Waals surface area contributed by atoms with Gasteiger partial charge in [-0.25, -0.2) is 9.97 Å². The summed E-state index contributed by atoms with van der Waals surface area (Å²) in [5, 5.41) is 0. The molecule has 0 aromatic carbocycles. The standard InChI is InChI=1S/C11H14N4O/c1-16-11-3-2-9(5-14-11)7-15-8-13-6-10(15)4-12/h2-3,5-6,8H,4,7,12H2,1H3. The van der Waals surface area contributed by atoms with Crippen molar-refractivity contribution < 1.29 is 4.74 Å². The molecule has 2 heterocycles. The highest BCUT2D eigenvalue weighted by atomic mass is 16.5. The second-order valence-corrected chi connectivity index (χ2v) is 3.43. The Morgan fingerprint density at radius 1 is 1.38 bits per heavy atom. The van der Waals surface area contributed by atoms with Crippen LogP contribution in [0.1, 0.15) is 11.3 Å². The van der Waals surface area contributed by atoms with Gasteiger partial charge in [0.25, 0.3) is 0 Å². The van der Waals surface area contributed by atoms with Gasteiger partial charge in [0.2, 0.25) is 5.88 Å². The Morgan fingerprint density at radius 3 is 2.88 bits per heavy atom. The normalized spacial score (nSPS) is 10.4. The predicted octanol–water partition coefficient (Wildman–Crippen LogP) is 0.794. The maximum atomic E-state index is 5.60. The van der Waals surface area contributed by atoms with Crippen LogP contribution in [0.5, 0.6) is 5.88 Å². The fourth-order valence-corrected chi connectivity index (χ4v) is 1.48. The fourth-order valence-electron chi connectivity index (χ4n) is 1.48. The van der Waals surface area contributed by atoms with Gasteiger partial charge in [-0.3, -0.25) is 0 Å². The summed E-state index contributed by atoms with van der Waals surface area (Å²) in [5.74, 6) is 0.619. The predicted molar refractivity (Wildman–Crippen MR) is 60.0 cm³/mol. The van der Waals surface area contributed by atoms with Gasteiger partial charge in [0.05, 0.1) is 25.7 Å². The molecule has 0 saturated carbocycles. The first-order chi connectivity index (χ1) is 7.83. The van der Waals surface area contributed by atoms with Gasteiger partial charge in [-0.2, -0.15) is 0 Å². The molecule has 2 aromatic rings. The van der Waals surface area contributed by atoms with Crippen molar-refractivity contribution in [3.63, 3.8) is 0 Å². The molecular weight excluding hydrogens is 204 g/mol. The number of hydrogen-bond donors (Lipinski definition) is 1. The van der Waals surface area contributed by atoms with Crippen molar-refractivity contribution in [2.24, 2.45) is 5.73 Å². The molecule has 0 aliphatic rings. The number of ether oxygens (including phenoxy) is 1. The van der Waals surface area contributed by atoms with Crippen molar-refractivity contribution >= 4 is 0 Å². The van der Waals surface area contributed by atoms with Gasteiger partial charge in [0.1, 0.15) is 0 Å². The topological polar surface area (TPSA) is 66.0 Å². The molecule has 0 radical (unpaired) electrons. The molecule has 0 spiro atoms. The quantitative estimate of drug-likeness (QED) is 0.824. The van der Waals surface area contributed by atoms with Crippen LogP contribution in [0.15, 0.2) is 30.9 Å². The third-order valence-corrected chi connectivity index (χ3v) is 2.37. The van der Waals surface area contributed by atoms with E-state index in [-0.39, 0.29) is 0 Å². The molecule has 84 valence electrons. The Hall–Kier alpha value is -1.88. The van der Waals surface area contributed by atoms with Crippen molar-refractivity contribution in [1.29, 1.82) is 0 Å². The summed E-state index contributed by atoms with van der Waals surface area (Å²) in [4.78, 5) is 8.21. The highest BCUT2D eigenvalue weighted by Gasteiger charge is 2.01. The third kappa shape index (κ3) is 2.20. The molecule has 0 saturated heterocycles. The van der Waals surface area contributed by atoms with E-state index in [0.29, 0.717) is 12.4 Å². The first-order valence-corrected chi connectivity index (χ1v) is 5.01. The maximum Gasteiger partial charge on any atom is 0.212 e. The SMILES string of the molecule is COc1ccc(Cn2cncc2CN)cn1. The van der Waals surface area contributed by atoms with E-state index in [4.69, 9.17) is 10.5 Å². The minimum Gasteiger partial charge on any atom is -0.481 e. The molecule has 5 nitrogen and oxygen atoms in total. The summed E-state index contributed by atoms with van der Waals surface area (Å²) in [6, 6.07) is 3.82. The molecule has 16 heavy (non-hydrogen) atoms. The number of imidazole rings is 1. The van der Waals surface area contributed by atoms with Gasteiger partial charge in [-0.05, 0) is 5.56 Å². The molecular formula is C11H14N4O. The van der Waals surface area contributed by atoms with Crippen LogP contribution in [0.4, 0.5) is 0 Å². The fraction of sp³-hybridized carbons (Fsp3) is 0.273. The zero-order valence-electron chi connectivity index (χ0n) is 9.13. The Balaban J connectivity index is 2.14.